The monoisotopic (exact) mass is 277 g/mol. The SMILES string of the molecule is CCn1ncc(NC(=O)c2cc(N)nn2C)c1C(N)=O. The fraction of sp³-hybridized carbons (Fsp3) is 0.273. The van der Waals surface area contributed by atoms with Crippen molar-refractivity contribution < 1.29 is 9.59 Å². The summed E-state index contributed by atoms with van der Waals surface area (Å²) < 4.78 is 2.76. The number of aryl methyl sites for hydroxylation is 2. The molecule has 9 heteroatoms. The molecule has 0 atom stereocenters. The number of carbonyl (C=O) groups is 2. The standard InChI is InChI=1S/C11H15N7O2/c1-3-18-9(10(13)19)6(5-14-18)15-11(20)7-4-8(12)16-17(7)2/h4-5H,3H2,1-2H3,(H2,12,16)(H2,13,19)(H,15,20). The Morgan fingerprint density at radius 3 is 2.65 bits per heavy atom. The summed E-state index contributed by atoms with van der Waals surface area (Å²) in [5, 5.41) is 10.4. The van der Waals surface area contributed by atoms with Crippen molar-refractivity contribution >= 4 is 23.3 Å². The maximum atomic E-state index is 12.1. The Bertz CT molecular complexity index is 670. The van der Waals surface area contributed by atoms with E-state index >= 15 is 0 Å². The second kappa shape index (κ2) is 5.03. The Labute approximate surface area is 114 Å². The summed E-state index contributed by atoms with van der Waals surface area (Å²) in [4.78, 5) is 23.5. The zero-order chi connectivity index (χ0) is 14.9. The van der Waals surface area contributed by atoms with Crippen LogP contribution in [-0.4, -0.2) is 31.4 Å². The van der Waals surface area contributed by atoms with Crippen LogP contribution in [0.4, 0.5) is 11.5 Å². The molecule has 2 aromatic rings. The van der Waals surface area contributed by atoms with Crippen LogP contribution in [-0.2, 0) is 13.6 Å². The molecule has 2 rings (SSSR count). The minimum atomic E-state index is -0.663. The van der Waals surface area contributed by atoms with E-state index in [1.165, 1.54) is 21.6 Å². The van der Waals surface area contributed by atoms with Gasteiger partial charge in [-0.05, 0) is 6.92 Å². The molecule has 0 bridgehead atoms. The van der Waals surface area contributed by atoms with E-state index in [4.69, 9.17) is 11.5 Å². The lowest BCUT2D eigenvalue weighted by Crippen LogP contribution is -2.22. The molecule has 0 aliphatic heterocycles. The number of hydrogen-bond donors (Lipinski definition) is 3. The van der Waals surface area contributed by atoms with E-state index in [-0.39, 0.29) is 22.9 Å². The first kappa shape index (κ1) is 13.6. The van der Waals surface area contributed by atoms with Crippen LogP contribution >= 0.6 is 0 Å². The topological polar surface area (TPSA) is 134 Å². The highest BCUT2D eigenvalue weighted by Crippen LogP contribution is 2.16. The smallest absolute Gasteiger partial charge is 0.274 e. The Morgan fingerprint density at radius 2 is 2.15 bits per heavy atom. The molecule has 0 aliphatic carbocycles. The second-order valence-corrected chi connectivity index (χ2v) is 4.12. The van der Waals surface area contributed by atoms with Gasteiger partial charge in [-0.15, -0.1) is 0 Å². The highest BCUT2D eigenvalue weighted by atomic mass is 16.2. The zero-order valence-corrected chi connectivity index (χ0v) is 11.1. The van der Waals surface area contributed by atoms with Crippen molar-refractivity contribution in [3.8, 4) is 0 Å². The molecule has 5 N–H and O–H groups in total. The lowest BCUT2D eigenvalue weighted by molar-refractivity contribution is 0.0991. The molecule has 0 saturated carbocycles. The van der Waals surface area contributed by atoms with Crippen LogP contribution in [0.2, 0.25) is 0 Å². The Hall–Kier alpha value is -2.84. The molecular weight excluding hydrogens is 262 g/mol. The molecule has 2 amide bonds. The number of nitrogens with two attached hydrogens (primary N) is 2. The maximum absolute atomic E-state index is 12.1. The van der Waals surface area contributed by atoms with Gasteiger partial charge < -0.3 is 16.8 Å². The maximum Gasteiger partial charge on any atom is 0.274 e. The van der Waals surface area contributed by atoms with Gasteiger partial charge in [-0.2, -0.15) is 10.2 Å². The fourth-order valence-electron chi connectivity index (χ4n) is 1.86. The molecule has 0 aliphatic rings. The van der Waals surface area contributed by atoms with E-state index in [9.17, 15) is 9.59 Å². The summed E-state index contributed by atoms with van der Waals surface area (Å²) in [6.45, 7) is 2.28. The van der Waals surface area contributed by atoms with Crippen LogP contribution in [0.5, 0.6) is 0 Å². The third-order valence-electron chi connectivity index (χ3n) is 2.75. The van der Waals surface area contributed by atoms with Gasteiger partial charge >= 0.3 is 0 Å². The van der Waals surface area contributed by atoms with Crippen LogP contribution in [0.15, 0.2) is 12.3 Å². The van der Waals surface area contributed by atoms with Crippen molar-refractivity contribution in [1.82, 2.24) is 19.6 Å². The van der Waals surface area contributed by atoms with Crippen LogP contribution in [0.1, 0.15) is 27.9 Å². The van der Waals surface area contributed by atoms with Gasteiger partial charge in [0.25, 0.3) is 11.8 Å². The van der Waals surface area contributed by atoms with Crippen LogP contribution in [0, 0.1) is 0 Å². The van der Waals surface area contributed by atoms with Crippen molar-refractivity contribution in [2.75, 3.05) is 11.1 Å². The number of aromatic nitrogens is 4. The molecule has 0 fully saturated rings. The van der Waals surface area contributed by atoms with Gasteiger partial charge in [0, 0.05) is 19.7 Å². The normalized spacial score (nSPS) is 10.5. The second-order valence-electron chi connectivity index (χ2n) is 4.12. The summed E-state index contributed by atoms with van der Waals surface area (Å²) in [6.07, 6.45) is 1.38. The summed E-state index contributed by atoms with van der Waals surface area (Å²) in [5.74, 6) is -0.879. The van der Waals surface area contributed by atoms with Gasteiger partial charge in [0.1, 0.15) is 17.2 Å². The zero-order valence-electron chi connectivity index (χ0n) is 11.1. The van der Waals surface area contributed by atoms with Crippen LogP contribution < -0.4 is 16.8 Å². The van der Waals surface area contributed by atoms with E-state index in [2.05, 4.69) is 15.5 Å². The number of primary amides is 1. The first-order valence-corrected chi connectivity index (χ1v) is 5.90. The van der Waals surface area contributed by atoms with Gasteiger partial charge in [0.05, 0.1) is 11.9 Å². The van der Waals surface area contributed by atoms with E-state index in [0.717, 1.165) is 0 Å². The van der Waals surface area contributed by atoms with E-state index in [0.29, 0.717) is 6.54 Å². The molecule has 9 nitrogen and oxygen atoms in total. The van der Waals surface area contributed by atoms with Gasteiger partial charge in [0.15, 0.2) is 0 Å². The number of amides is 2. The largest absolute Gasteiger partial charge is 0.382 e. The third-order valence-corrected chi connectivity index (χ3v) is 2.75. The van der Waals surface area contributed by atoms with Gasteiger partial charge in [-0.3, -0.25) is 19.0 Å². The fourth-order valence-corrected chi connectivity index (χ4v) is 1.86. The predicted octanol–water partition coefficient (Wildman–Crippen LogP) is -0.430. The number of nitrogens with zero attached hydrogens (tertiary/aromatic N) is 4. The molecule has 0 radical (unpaired) electrons. The van der Waals surface area contributed by atoms with E-state index < -0.39 is 11.8 Å². The van der Waals surface area contributed by atoms with Crippen molar-refractivity contribution in [2.24, 2.45) is 12.8 Å². The number of anilines is 2. The third kappa shape index (κ3) is 2.32. The quantitative estimate of drug-likeness (QED) is 0.697. The lowest BCUT2D eigenvalue weighted by Gasteiger charge is -2.06. The predicted molar refractivity (Wildman–Crippen MR) is 72.0 cm³/mol. The number of rotatable bonds is 4. The minimum absolute atomic E-state index is 0.149. The van der Waals surface area contributed by atoms with E-state index in [1.54, 1.807) is 7.05 Å². The van der Waals surface area contributed by atoms with Crippen LogP contribution in [0.3, 0.4) is 0 Å². The average molecular weight is 277 g/mol. The molecule has 0 saturated heterocycles. The first-order chi connectivity index (χ1) is 9.43. The van der Waals surface area contributed by atoms with Gasteiger partial charge in [0.2, 0.25) is 0 Å². The number of nitrogen functional groups attached to an aromatic ring is 1. The highest BCUT2D eigenvalue weighted by molar-refractivity contribution is 6.07. The average Bonchev–Trinajstić information content (AvgIpc) is 2.92. The molecule has 0 unspecified atom stereocenters. The molecule has 20 heavy (non-hydrogen) atoms. The van der Waals surface area contributed by atoms with Crippen molar-refractivity contribution in [2.45, 2.75) is 13.5 Å². The number of hydrogen-bond acceptors (Lipinski definition) is 5. The molecule has 106 valence electrons. The number of nitrogens with one attached hydrogen (secondary N) is 1. The summed E-state index contributed by atoms with van der Waals surface area (Å²) in [5.41, 5.74) is 11.5. The molecule has 0 spiro atoms. The summed E-state index contributed by atoms with van der Waals surface area (Å²) in [7, 11) is 1.59. The van der Waals surface area contributed by atoms with Crippen molar-refractivity contribution in [3.05, 3.63) is 23.7 Å². The Kier molecular flexibility index (Phi) is 3.42. The summed E-state index contributed by atoms with van der Waals surface area (Å²) in [6, 6.07) is 1.43. The lowest BCUT2D eigenvalue weighted by atomic mass is 10.3. The minimum Gasteiger partial charge on any atom is -0.382 e. The van der Waals surface area contributed by atoms with Gasteiger partial charge in [-0.1, -0.05) is 0 Å². The molecule has 2 heterocycles. The van der Waals surface area contributed by atoms with Gasteiger partial charge in [-0.25, -0.2) is 0 Å². The van der Waals surface area contributed by atoms with Crippen molar-refractivity contribution in [3.63, 3.8) is 0 Å². The number of carbonyl (C=O) groups excluding carboxylic acids is 2. The molecular formula is C11H15N7O2. The van der Waals surface area contributed by atoms with Crippen molar-refractivity contribution in [1.29, 1.82) is 0 Å². The highest BCUT2D eigenvalue weighted by Gasteiger charge is 2.19. The summed E-state index contributed by atoms with van der Waals surface area (Å²) >= 11 is 0. The Balaban J connectivity index is 2.31. The molecule has 0 aromatic carbocycles. The molecule has 2 aromatic heterocycles. The van der Waals surface area contributed by atoms with E-state index in [1.807, 2.05) is 6.92 Å². The Morgan fingerprint density at radius 1 is 1.45 bits per heavy atom. The van der Waals surface area contributed by atoms with Crippen LogP contribution in [0.25, 0.3) is 0 Å². The first-order valence-electron chi connectivity index (χ1n) is 5.90.